The Balaban J connectivity index is 2.13. The third-order valence-corrected chi connectivity index (χ3v) is 4.93. The number of carbonyl (C=O) groups excluding carboxylic acids is 1. The molecule has 0 fully saturated rings. The van der Waals surface area contributed by atoms with Crippen LogP contribution < -0.4 is 0 Å². The van der Waals surface area contributed by atoms with E-state index >= 15 is 0 Å². The van der Waals surface area contributed by atoms with Crippen LogP contribution in [0.1, 0.15) is 15.9 Å². The maximum atomic E-state index is 13.2. The van der Waals surface area contributed by atoms with Gasteiger partial charge in [-0.05, 0) is 40.2 Å². The average Bonchev–Trinajstić information content (AvgIpc) is 2.86. The van der Waals surface area contributed by atoms with Crippen molar-refractivity contribution in [3.8, 4) is 0 Å². The summed E-state index contributed by atoms with van der Waals surface area (Å²) in [6.45, 7) is 0. The van der Waals surface area contributed by atoms with Crippen molar-refractivity contribution in [3.63, 3.8) is 0 Å². The van der Waals surface area contributed by atoms with Gasteiger partial charge < -0.3 is 0 Å². The van der Waals surface area contributed by atoms with Gasteiger partial charge in [0, 0.05) is 31.1 Å². The topological polar surface area (TPSA) is 17.1 Å². The Labute approximate surface area is 126 Å². The van der Waals surface area contributed by atoms with Gasteiger partial charge in [0.25, 0.3) is 0 Å². The van der Waals surface area contributed by atoms with E-state index in [2.05, 4.69) is 15.9 Å². The van der Waals surface area contributed by atoms with Gasteiger partial charge in [0.05, 0.1) is 0 Å². The van der Waals surface area contributed by atoms with Crippen LogP contribution in [0.25, 0.3) is 10.1 Å². The zero-order valence-electron chi connectivity index (χ0n) is 9.99. The van der Waals surface area contributed by atoms with Crippen LogP contribution in [0.15, 0.2) is 46.3 Å². The second-order valence-electron chi connectivity index (χ2n) is 4.22. The van der Waals surface area contributed by atoms with E-state index < -0.39 is 11.6 Å². The molecule has 5 heteroatoms. The van der Waals surface area contributed by atoms with Crippen LogP contribution in [-0.4, -0.2) is 5.78 Å². The molecule has 0 radical (unpaired) electrons. The third kappa shape index (κ3) is 2.17. The molecule has 1 aromatic heterocycles. The molecule has 0 aliphatic heterocycles. The van der Waals surface area contributed by atoms with Crippen molar-refractivity contribution in [1.29, 1.82) is 0 Å². The van der Waals surface area contributed by atoms with Gasteiger partial charge in [-0.2, -0.15) is 0 Å². The van der Waals surface area contributed by atoms with Crippen LogP contribution >= 0.6 is 27.3 Å². The number of hydrogen-bond donors (Lipinski definition) is 0. The van der Waals surface area contributed by atoms with E-state index in [0.29, 0.717) is 5.56 Å². The first-order valence-electron chi connectivity index (χ1n) is 5.73. The molecule has 0 atom stereocenters. The lowest BCUT2D eigenvalue weighted by molar-refractivity contribution is 0.104. The van der Waals surface area contributed by atoms with Crippen molar-refractivity contribution >= 4 is 43.1 Å². The highest BCUT2D eigenvalue weighted by molar-refractivity contribution is 9.10. The SMILES string of the molecule is O=C(c1ccc(F)c(F)c1)c1csc2c(Br)cccc12. The zero-order chi connectivity index (χ0) is 14.3. The maximum absolute atomic E-state index is 13.2. The molecule has 100 valence electrons. The highest BCUT2D eigenvalue weighted by Gasteiger charge is 2.16. The minimum atomic E-state index is -1.02. The summed E-state index contributed by atoms with van der Waals surface area (Å²) in [5.41, 5.74) is 0.640. The predicted molar refractivity (Wildman–Crippen MR) is 79.3 cm³/mol. The fraction of sp³-hybridized carbons (Fsp3) is 0. The van der Waals surface area contributed by atoms with Crippen LogP contribution in [0.4, 0.5) is 8.78 Å². The smallest absolute Gasteiger partial charge is 0.194 e. The molecule has 0 bridgehead atoms. The van der Waals surface area contributed by atoms with Gasteiger partial charge in [0.1, 0.15) is 0 Å². The van der Waals surface area contributed by atoms with Crippen LogP contribution in [0, 0.1) is 11.6 Å². The highest BCUT2D eigenvalue weighted by atomic mass is 79.9. The fourth-order valence-electron chi connectivity index (χ4n) is 1.99. The number of rotatable bonds is 2. The maximum Gasteiger partial charge on any atom is 0.194 e. The fourth-order valence-corrected chi connectivity index (χ4v) is 3.59. The highest BCUT2D eigenvalue weighted by Crippen LogP contribution is 2.33. The number of benzene rings is 2. The van der Waals surface area contributed by atoms with E-state index in [1.807, 2.05) is 18.2 Å². The Hall–Kier alpha value is -1.59. The number of carbonyl (C=O) groups is 1. The minimum absolute atomic E-state index is 0.142. The normalized spacial score (nSPS) is 10.9. The Morgan fingerprint density at radius 2 is 1.90 bits per heavy atom. The molecule has 3 rings (SSSR count). The minimum Gasteiger partial charge on any atom is -0.289 e. The molecule has 3 aromatic rings. The summed E-state index contributed by atoms with van der Waals surface area (Å²) in [5, 5.41) is 2.54. The molecule has 0 saturated carbocycles. The summed E-state index contributed by atoms with van der Waals surface area (Å²) in [7, 11) is 0. The van der Waals surface area contributed by atoms with E-state index in [0.717, 1.165) is 26.7 Å². The van der Waals surface area contributed by atoms with Crippen molar-refractivity contribution in [1.82, 2.24) is 0 Å². The van der Waals surface area contributed by atoms with Gasteiger partial charge >= 0.3 is 0 Å². The first kappa shape index (κ1) is 13.4. The number of thiophene rings is 1. The summed E-state index contributed by atoms with van der Waals surface area (Å²) in [6.07, 6.45) is 0. The van der Waals surface area contributed by atoms with Crippen LogP contribution in [0.3, 0.4) is 0 Å². The summed E-state index contributed by atoms with van der Waals surface area (Å²) < 4.78 is 28.0. The van der Waals surface area contributed by atoms with Crippen molar-refractivity contribution < 1.29 is 13.6 Å². The molecule has 0 aliphatic carbocycles. The number of hydrogen-bond acceptors (Lipinski definition) is 2. The molecular weight excluding hydrogens is 346 g/mol. The first-order valence-corrected chi connectivity index (χ1v) is 7.40. The van der Waals surface area contributed by atoms with E-state index in [1.165, 1.54) is 17.4 Å². The van der Waals surface area contributed by atoms with Crippen LogP contribution in [-0.2, 0) is 0 Å². The van der Waals surface area contributed by atoms with Gasteiger partial charge in [-0.3, -0.25) is 4.79 Å². The Bertz CT molecular complexity index is 826. The zero-order valence-corrected chi connectivity index (χ0v) is 12.4. The first-order chi connectivity index (χ1) is 9.58. The third-order valence-electron chi connectivity index (χ3n) is 2.98. The Morgan fingerprint density at radius 3 is 2.65 bits per heavy atom. The van der Waals surface area contributed by atoms with E-state index in [-0.39, 0.29) is 11.3 Å². The van der Waals surface area contributed by atoms with E-state index in [4.69, 9.17) is 0 Å². The van der Waals surface area contributed by atoms with E-state index in [1.54, 1.807) is 5.38 Å². The lowest BCUT2D eigenvalue weighted by Crippen LogP contribution is -2.01. The molecule has 0 N–H and O–H groups in total. The standard InChI is InChI=1S/C15H7BrF2OS/c16-11-3-1-2-9-10(7-20-15(9)11)14(19)8-4-5-12(17)13(18)6-8/h1-7H. The summed E-state index contributed by atoms with van der Waals surface area (Å²) in [5.74, 6) is -2.29. The van der Waals surface area contributed by atoms with Crippen LogP contribution in [0.5, 0.6) is 0 Å². The van der Waals surface area contributed by atoms with Gasteiger partial charge in [0.2, 0.25) is 0 Å². The molecule has 0 aliphatic rings. The van der Waals surface area contributed by atoms with Gasteiger partial charge in [-0.25, -0.2) is 8.78 Å². The summed E-state index contributed by atoms with van der Waals surface area (Å²) in [6, 6.07) is 8.75. The quantitative estimate of drug-likeness (QED) is 0.581. The Kier molecular flexibility index (Phi) is 3.40. The van der Waals surface area contributed by atoms with E-state index in [9.17, 15) is 13.6 Å². The molecule has 0 amide bonds. The molecule has 0 spiro atoms. The monoisotopic (exact) mass is 352 g/mol. The molecule has 20 heavy (non-hydrogen) atoms. The van der Waals surface area contributed by atoms with Crippen molar-refractivity contribution in [3.05, 3.63) is 69.0 Å². The Morgan fingerprint density at radius 1 is 1.10 bits per heavy atom. The summed E-state index contributed by atoms with van der Waals surface area (Å²) in [4.78, 5) is 12.4. The number of halogens is 3. The van der Waals surface area contributed by atoms with Gasteiger partial charge in [-0.15, -0.1) is 11.3 Å². The summed E-state index contributed by atoms with van der Waals surface area (Å²) >= 11 is 4.86. The predicted octanol–water partition coefficient (Wildman–Crippen LogP) is 5.17. The van der Waals surface area contributed by atoms with Gasteiger partial charge in [-0.1, -0.05) is 12.1 Å². The molecular formula is C15H7BrF2OS. The number of fused-ring (bicyclic) bond motifs is 1. The van der Waals surface area contributed by atoms with Crippen molar-refractivity contribution in [2.75, 3.05) is 0 Å². The molecule has 0 saturated heterocycles. The second kappa shape index (κ2) is 5.07. The molecule has 1 nitrogen and oxygen atoms in total. The van der Waals surface area contributed by atoms with Crippen molar-refractivity contribution in [2.24, 2.45) is 0 Å². The molecule has 1 heterocycles. The number of ketones is 1. The lowest BCUT2D eigenvalue weighted by Gasteiger charge is -2.01. The largest absolute Gasteiger partial charge is 0.289 e. The van der Waals surface area contributed by atoms with Crippen LogP contribution in [0.2, 0.25) is 0 Å². The average molecular weight is 353 g/mol. The molecule has 2 aromatic carbocycles. The van der Waals surface area contributed by atoms with Gasteiger partial charge in [0.15, 0.2) is 17.4 Å². The lowest BCUT2D eigenvalue weighted by atomic mass is 10.0. The van der Waals surface area contributed by atoms with Crippen molar-refractivity contribution in [2.45, 2.75) is 0 Å². The second-order valence-corrected chi connectivity index (χ2v) is 5.96. The molecule has 0 unspecified atom stereocenters.